The van der Waals surface area contributed by atoms with E-state index in [2.05, 4.69) is 15.5 Å². The van der Waals surface area contributed by atoms with E-state index in [1.54, 1.807) is 24.3 Å². The molecule has 7 nitrogen and oxygen atoms in total. The van der Waals surface area contributed by atoms with Crippen molar-refractivity contribution in [2.45, 2.75) is 38.6 Å². The van der Waals surface area contributed by atoms with Gasteiger partial charge in [-0.05, 0) is 43.0 Å². The largest absolute Gasteiger partial charge is 0.368 e. The van der Waals surface area contributed by atoms with Crippen molar-refractivity contribution in [3.63, 3.8) is 0 Å². The fourth-order valence-electron chi connectivity index (χ4n) is 2.41. The number of carbonyl (C=O) groups is 2. The number of nitrogens with zero attached hydrogens (tertiary/aromatic N) is 2. The summed E-state index contributed by atoms with van der Waals surface area (Å²) in [5, 5.41) is 6.63. The quantitative estimate of drug-likeness (QED) is 0.840. The molecule has 0 aliphatic heterocycles. The molecule has 1 atom stereocenters. The molecular formula is C17H20N4O3. The van der Waals surface area contributed by atoms with Gasteiger partial charge in [0.2, 0.25) is 5.91 Å². The molecule has 2 amide bonds. The van der Waals surface area contributed by atoms with Crippen LogP contribution in [-0.2, 0) is 4.79 Å². The van der Waals surface area contributed by atoms with Gasteiger partial charge in [0.25, 0.3) is 11.8 Å². The van der Waals surface area contributed by atoms with E-state index >= 15 is 0 Å². The number of hydrogen-bond acceptors (Lipinski definition) is 5. The topological polar surface area (TPSA) is 111 Å². The van der Waals surface area contributed by atoms with Gasteiger partial charge in [-0.25, -0.2) is 0 Å². The van der Waals surface area contributed by atoms with Crippen LogP contribution in [0.5, 0.6) is 0 Å². The minimum absolute atomic E-state index is 0.0787. The Balaban J connectivity index is 1.71. The zero-order chi connectivity index (χ0) is 17.3. The van der Waals surface area contributed by atoms with Crippen molar-refractivity contribution < 1.29 is 14.1 Å². The van der Waals surface area contributed by atoms with E-state index in [1.807, 2.05) is 13.8 Å². The molecule has 0 bridgehead atoms. The SMILES string of the molecule is CC(C)[C@H](NC(=O)c1ccc(-c2nc(C3CC3)no2)cc1)C(N)=O. The van der Waals surface area contributed by atoms with E-state index in [4.69, 9.17) is 10.3 Å². The van der Waals surface area contributed by atoms with Crippen molar-refractivity contribution in [3.05, 3.63) is 35.7 Å². The van der Waals surface area contributed by atoms with Gasteiger partial charge in [0.15, 0.2) is 5.82 Å². The van der Waals surface area contributed by atoms with E-state index in [9.17, 15) is 9.59 Å². The lowest BCUT2D eigenvalue weighted by atomic mass is 10.0. The van der Waals surface area contributed by atoms with Crippen molar-refractivity contribution in [1.82, 2.24) is 15.5 Å². The monoisotopic (exact) mass is 328 g/mol. The van der Waals surface area contributed by atoms with Gasteiger partial charge < -0.3 is 15.6 Å². The van der Waals surface area contributed by atoms with Gasteiger partial charge >= 0.3 is 0 Å². The first-order valence-corrected chi connectivity index (χ1v) is 8.00. The Morgan fingerprint density at radius 2 is 1.92 bits per heavy atom. The zero-order valence-corrected chi connectivity index (χ0v) is 13.7. The smallest absolute Gasteiger partial charge is 0.257 e. The van der Waals surface area contributed by atoms with E-state index in [0.717, 1.165) is 24.2 Å². The van der Waals surface area contributed by atoms with Crippen molar-refractivity contribution in [2.75, 3.05) is 0 Å². The van der Waals surface area contributed by atoms with Crippen LogP contribution in [0.3, 0.4) is 0 Å². The van der Waals surface area contributed by atoms with Crippen molar-refractivity contribution in [2.24, 2.45) is 11.7 Å². The summed E-state index contributed by atoms with van der Waals surface area (Å²) >= 11 is 0. The maximum atomic E-state index is 12.2. The molecule has 24 heavy (non-hydrogen) atoms. The third-order valence-electron chi connectivity index (χ3n) is 4.04. The molecule has 1 saturated carbocycles. The summed E-state index contributed by atoms with van der Waals surface area (Å²) < 4.78 is 5.26. The summed E-state index contributed by atoms with van der Waals surface area (Å²) in [5.41, 5.74) is 6.50. The van der Waals surface area contributed by atoms with Crippen LogP contribution in [0.2, 0.25) is 0 Å². The molecular weight excluding hydrogens is 308 g/mol. The Labute approximate surface area is 139 Å². The van der Waals surface area contributed by atoms with Gasteiger partial charge in [-0.15, -0.1) is 0 Å². The number of rotatable bonds is 6. The molecule has 1 aliphatic rings. The third kappa shape index (κ3) is 3.45. The summed E-state index contributed by atoms with van der Waals surface area (Å²) in [7, 11) is 0. The maximum Gasteiger partial charge on any atom is 0.257 e. The molecule has 1 aromatic heterocycles. The number of carbonyl (C=O) groups excluding carboxylic acids is 2. The summed E-state index contributed by atoms with van der Waals surface area (Å²) in [6.45, 7) is 3.65. The molecule has 3 rings (SSSR count). The number of benzene rings is 1. The number of aromatic nitrogens is 2. The Kier molecular flexibility index (Phi) is 4.33. The van der Waals surface area contributed by atoms with E-state index in [-0.39, 0.29) is 11.8 Å². The van der Waals surface area contributed by atoms with Crippen molar-refractivity contribution in [1.29, 1.82) is 0 Å². The highest BCUT2D eigenvalue weighted by Gasteiger charge is 2.29. The Morgan fingerprint density at radius 3 is 2.46 bits per heavy atom. The van der Waals surface area contributed by atoms with Crippen LogP contribution in [0, 0.1) is 5.92 Å². The van der Waals surface area contributed by atoms with Gasteiger partial charge in [0.1, 0.15) is 6.04 Å². The molecule has 7 heteroatoms. The minimum atomic E-state index is -0.700. The first-order valence-electron chi connectivity index (χ1n) is 8.00. The minimum Gasteiger partial charge on any atom is -0.368 e. The first-order chi connectivity index (χ1) is 11.5. The lowest BCUT2D eigenvalue weighted by Gasteiger charge is -2.18. The average molecular weight is 328 g/mol. The Bertz CT molecular complexity index is 747. The van der Waals surface area contributed by atoms with Crippen LogP contribution in [0.4, 0.5) is 0 Å². The molecule has 1 aliphatic carbocycles. The summed E-state index contributed by atoms with van der Waals surface area (Å²) in [6, 6.07) is 6.10. The predicted molar refractivity (Wildman–Crippen MR) is 87.0 cm³/mol. The number of primary amides is 1. The van der Waals surface area contributed by atoms with E-state index in [0.29, 0.717) is 17.4 Å². The van der Waals surface area contributed by atoms with Crippen LogP contribution in [0.25, 0.3) is 11.5 Å². The van der Waals surface area contributed by atoms with E-state index < -0.39 is 11.9 Å². The van der Waals surface area contributed by atoms with Crippen LogP contribution < -0.4 is 11.1 Å². The van der Waals surface area contributed by atoms with Gasteiger partial charge in [-0.1, -0.05) is 19.0 Å². The van der Waals surface area contributed by atoms with E-state index in [1.165, 1.54) is 0 Å². The molecule has 2 aromatic rings. The third-order valence-corrected chi connectivity index (χ3v) is 4.04. The van der Waals surface area contributed by atoms with Gasteiger partial charge in [-0.2, -0.15) is 4.98 Å². The summed E-state index contributed by atoms with van der Waals surface area (Å²) in [5.74, 6) is 0.644. The number of hydrogen-bond donors (Lipinski definition) is 2. The molecule has 1 aromatic carbocycles. The highest BCUT2D eigenvalue weighted by molar-refractivity contribution is 5.97. The Hall–Kier alpha value is -2.70. The number of amides is 2. The van der Waals surface area contributed by atoms with Crippen LogP contribution >= 0.6 is 0 Å². The second-order valence-electron chi connectivity index (χ2n) is 6.41. The standard InChI is InChI=1S/C17H20N4O3/c1-9(2)13(14(18)22)19-16(23)11-5-7-12(8-6-11)17-20-15(21-24-17)10-3-4-10/h5-10,13H,3-4H2,1-2H3,(H2,18,22)(H,19,23)/t13-/m0/s1. The molecule has 0 unspecified atom stereocenters. The summed E-state index contributed by atoms with van der Waals surface area (Å²) in [4.78, 5) is 28.0. The molecule has 0 spiro atoms. The molecule has 1 fully saturated rings. The second kappa shape index (κ2) is 6.43. The van der Waals surface area contributed by atoms with Crippen LogP contribution in [-0.4, -0.2) is 28.0 Å². The zero-order valence-electron chi connectivity index (χ0n) is 13.7. The van der Waals surface area contributed by atoms with Gasteiger partial charge in [-0.3, -0.25) is 9.59 Å². The highest BCUT2D eigenvalue weighted by Crippen LogP contribution is 2.38. The predicted octanol–water partition coefficient (Wildman–Crippen LogP) is 1.85. The van der Waals surface area contributed by atoms with Crippen LogP contribution in [0.1, 0.15) is 48.8 Å². The average Bonchev–Trinajstić information content (AvgIpc) is 3.29. The molecule has 3 N–H and O–H groups in total. The normalized spacial score (nSPS) is 15.3. The van der Waals surface area contributed by atoms with Gasteiger partial charge in [0.05, 0.1) is 0 Å². The molecule has 1 heterocycles. The fourth-order valence-corrected chi connectivity index (χ4v) is 2.41. The second-order valence-corrected chi connectivity index (χ2v) is 6.41. The van der Waals surface area contributed by atoms with Crippen LogP contribution in [0.15, 0.2) is 28.8 Å². The number of nitrogens with one attached hydrogen (secondary N) is 1. The summed E-state index contributed by atoms with van der Waals surface area (Å²) in [6.07, 6.45) is 2.21. The van der Waals surface area contributed by atoms with Crippen molar-refractivity contribution >= 4 is 11.8 Å². The molecule has 0 saturated heterocycles. The van der Waals surface area contributed by atoms with Crippen molar-refractivity contribution in [3.8, 4) is 11.5 Å². The maximum absolute atomic E-state index is 12.2. The lowest BCUT2D eigenvalue weighted by Crippen LogP contribution is -2.47. The fraction of sp³-hybridized carbons (Fsp3) is 0.412. The number of nitrogens with two attached hydrogens (primary N) is 1. The molecule has 126 valence electrons. The van der Waals surface area contributed by atoms with Gasteiger partial charge in [0, 0.05) is 17.0 Å². The Morgan fingerprint density at radius 1 is 1.25 bits per heavy atom. The first kappa shape index (κ1) is 16.2. The lowest BCUT2D eigenvalue weighted by molar-refractivity contribution is -0.120. The molecule has 0 radical (unpaired) electrons. The highest BCUT2D eigenvalue weighted by atomic mass is 16.5.